The number of guanidine groups is 1. The van der Waals surface area contributed by atoms with Crippen LogP contribution in [0.2, 0.25) is 5.02 Å². The van der Waals surface area contributed by atoms with Crippen LogP contribution in [0.15, 0.2) is 53.7 Å². The molecule has 1 atom stereocenters. The zero-order chi connectivity index (χ0) is 18.4. The van der Waals surface area contributed by atoms with Crippen LogP contribution in [0.3, 0.4) is 0 Å². The lowest BCUT2D eigenvalue weighted by atomic mass is 10.1. The van der Waals surface area contributed by atoms with Gasteiger partial charge in [0.25, 0.3) is 0 Å². The third kappa shape index (κ3) is 4.65. The average Bonchev–Trinajstić information content (AvgIpc) is 2.69. The molecule has 0 radical (unpaired) electrons. The van der Waals surface area contributed by atoms with Gasteiger partial charge < -0.3 is 20.2 Å². The van der Waals surface area contributed by atoms with Gasteiger partial charge in [-0.2, -0.15) is 0 Å². The van der Waals surface area contributed by atoms with Gasteiger partial charge in [0.15, 0.2) is 5.96 Å². The summed E-state index contributed by atoms with van der Waals surface area (Å²) in [6.45, 7) is 3.85. The number of piperazine rings is 1. The van der Waals surface area contributed by atoms with Gasteiger partial charge in [0, 0.05) is 51.0 Å². The lowest BCUT2D eigenvalue weighted by Crippen LogP contribution is -2.53. The third-order valence-electron chi connectivity index (χ3n) is 4.45. The van der Waals surface area contributed by atoms with E-state index in [1.165, 1.54) is 0 Å². The van der Waals surface area contributed by atoms with Crippen LogP contribution >= 0.6 is 11.6 Å². The number of rotatable bonds is 4. The summed E-state index contributed by atoms with van der Waals surface area (Å²) in [6, 6.07) is 13.2. The zero-order valence-corrected chi connectivity index (χ0v) is 15.6. The van der Waals surface area contributed by atoms with Gasteiger partial charge in [-0.05, 0) is 29.8 Å². The van der Waals surface area contributed by atoms with E-state index < -0.39 is 6.10 Å². The van der Waals surface area contributed by atoms with E-state index in [9.17, 15) is 5.11 Å². The summed E-state index contributed by atoms with van der Waals surface area (Å²) in [4.78, 5) is 13.2. The highest BCUT2D eigenvalue weighted by Gasteiger charge is 2.21. The molecule has 0 saturated carbocycles. The van der Waals surface area contributed by atoms with E-state index in [4.69, 9.17) is 11.6 Å². The number of halogens is 1. The number of aliphatic imine (C=N–C) groups is 1. The smallest absolute Gasteiger partial charge is 0.193 e. The Morgan fingerprint density at radius 1 is 1.23 bits per heavy atom. The summed E-state index contributed by atoms with van der Waals surface area (Å²) >= 11 is 5.99. The van der Waals surface area contributed by atoms with Crippen molar-refractivity contribution in [2.75, 3.05) is 44.7 Å². The molecule has 1 saturated heterocycles. The Kier molecular flexibility index (Phi) is 6.30. The molecular weight excluding hydrogens is 350 g/mol. The van der Waals surface area contributed by atoms with Crippen LogP contribution in [0.5, 0.6) is 0 Å². The molecule has 2 N–H and O–H groups in total. The molecule has 1 unspecified atom stereocenters. The minimum absolute atomic E-state index is 0.382. The van der Waals surface area contributed by atoms with Crippen molar-refractivity contribution in [2.45, 2.75) is 6.10 Å². The van der Waals surface area contributed by atoms with Gasteiger partial charge in [0.2, 0.25) is 0 Å². The van der Waals surface area contributed by atoms with Crippen molar-refractivity contribution in [3.63, 3.8) is 0 Å². The molecule has 138 valence electrons. The minimum Gasteiger partial charge on any atom is -0.387 e. The maximum atomic E-state index is 10.4. The Morgan fingerprint density at radius 2 is 2.04 bits per heavy atom. The zero-order valence-electron chi connectivity index (χ0n) is 14.8. The fourth-order valence-electron chi connectivity index (χ4n) is 3.04. The predicted molar refractivity (Wildman–Crippen MR) is 106 cm³/mol. The molecule has 26 heavy (non-hydrogen) atoms. The summed E-state index contributed by atoms with van der Waals surface area (Å²) in [5, 5.41) is 14.2. The molecule has 1 aromatic carbocycles. The number of hydrogen-bond acceptors (Lipinski definition) is 4. The molecule has 0 amide bonds. The van der Waals surface area contributed by atoms with Crippen LogP contribution < -0.4 is 10.2 Å². The van der Waals surface area contributed by atoms with E-state index >= 15 is 0 Å². The van der Waals surface area contributed by atoms with E-state index in [1.54, 1.807) is 19.2 Å². The maximum absolute atomic E-state index is 10.4. The van der Waals surface area contributed by atoms with Gasteiger partial charge >= 0.3 is 0 Å². The first-order valence-corrected chi connectivity index (χ1v) is 9.10. The highest BCUT2D eigenvalue weighted by Crippen LogP contribution is 2.17. The Balaban J connectivity index is 1.52. The third-order valence-corrected chi connectivity index (χ3v) is 4.69. The first-order valence-electron chi connectivity index (χ1n) is 8.72. The Labute approximate surface area is 159 Å². The number of benzene rings is 1. The Bertz CT molecular complexity index is 732. The standard InChI is InChI=1S/C19H24ClN5O/c1-21-19(23-14-17(26)15-5-4-6-16(20)13-15)25-11-9-24(10-12-25)18-7-2-3-8-22-18/h2-8,13,17,26H,9-12,14H2,1H3,(H,21,23). The molecule has 2 heterocycles. The summed E-state index contributed by atoms with van der Waals surface area (Å²) < 4.78 is 0. The van der Waals surface area contributed by atoms with Crippen LogP contribution in [0.1, 0.15) is 11.7 Å². The van der Waals surface area contributed by atoms with Gasteiger partial charge in [-0.15, -0.1) is 0 Å². The fraction of sp³-hybridized carbons (Fsp3) is 0.368. The molecule has 3 rings (SSSR count). The molecule has 1 fully saturated rings. The average molecular weight is 374 g/mol. The predicted octanol–water partition coefficient (Wildman–Crippen LogP) is 2.17. The SMILES string of the molecule is CN=C(NCC(O)c1cccc(Cl)c1)N1CCN(c2ccccn2)CC1. The van der Waals surface area contributed by atoms with Crippen molar-refractivity contribution in [3.8, 4) is 0 Å². The van der Waals surface area contributed by atoms with Gasteiger partial charge in [-0.1, -0.05) is 29.8 Å². The fourth-order valence-corrected chi connectivity index (χ4v) is 3.24. The number of anilines is 1. The van der Waals surface area contributed by atoms with E-state index in [2.05, 4.69) is 25.1 Å². The van der Waals surface area contributed by atoms with Crippen LogP contribution in [-0.4, -0.2) is 60.7 Å². The number of nitrogens with one attached hydrogen (secondary N) is 1. The molecule has 6 nitrogen and oxygen atoms in total. The lowest BCUT2D eigenvalue weighted by molar-refractivity contribution is 0.179. The molecule has 0 bridgehead atoms. The normalized spacial score (nSPS) is 16.5. The van der Waals surface area contributed by atoms with Gasteiger partial charge in [0.05, 0.1) is 6.10 Å². The first-order chi connectivity index (χ1) is 12.7. The number of aromatic nitrogens is 1. The van der Waals surface area contributed by atoms with Crippen molar-refractivity contribution >= 4 is 23.4 Å². The summed E-state index contributed by atoms with van der Waals surface area (Å²) in [5.41, 5.74) is 0.792. The van der Waals surface area contributed by atoms with Crippen molar-refractivity contribution in [3.05, 3.63) is 59.2 Å². The second-order valence-corrected chi connectivity index (χ2v) is 6.60. The highest BCUT2D eigenvalue weighted by atomic mass is 35.5. The molecule has 2 aromatic rings. The van der Waals surface area contributed by atoms with Crippen molar-refractivity contribution in [2.24, 2.45) is 4.99 Å². The Morgan fingerprint density at radius 3 is 2.69 bits per heavy atom. The van der Waals surface area contributed by atoms with Crippen LogP contribution in [0, 0.1) is 0 Å². The number of nitrogens with zero attached hydrogens (tertiary/aromatic N) is 4. The van der Waals surface area contributed by atoms with Crippen molar-refractivity contribution < 1.29 is 5.11 Å². The molecule has 1 aliphatic rings. The number of pyridine rings is 1. The summed E-state index contributed by atoms with van der Waals surface area (Å²) in [7, 11) is 1.76. The molecule has 1 aromatic heterocycles. The van der Waals surface area contributed by atoms with E-state index in [-0.39, 0.29) is 0 Å². The topological polar surface area (TPSA) is 64.0 Å². The second kappa shape index (κ2) is 8.87. The maximum Gasteiger partial charge on any atom is 0.193 e. The van der Waals surface area contributed by atoms with Crippen LogP contribution in [-0.2, 0) is 0 Å². The molecule has 1 aliphatic heterocycles. The number of aliphatic hydroxyl groups is 1. The van der Waals surface area contributed by atoms with E-state index in [1.807, 2.05) is 36.5 Å². The highest BCUT2D eigenvalue weighted by molar-refractivity contribution is 6.30. The molecular formula is C19H24ClN5O. The summed E-state index contributed by atoms with van der Waals surface area (Å²) in [5.74, 6) is 1.80. The van der Waals surface area contributed by atoms with E-state index in [0.717, 1.165) is 43.5 Å². The minimum atomic E-state index is -0.639. The van der Waals surface area contributed by atoms with Crippen molar-refractivity contribution in [1.82, 2.24) is 15.2 Å². The molecule has 0 spiro atoms. The quantitative estimate of drug-likeness (QED) is 0.635. The second-order valence-electron chi connectivity index (χ2n) is 6.16. The summed E-state index contributed by atoms with van der Waals surface area (Å²) in [6.07, 6.45) is 1.18. The first kappa shape index (κ1) is 18.5. The van der Waals surface area contributed by atoms with Crippen LogP contribution in [0.4, 0.5) is 5.82 Å². The number of hydrogen-bond donors (Lipinski definition) is 2. The van der Waals surface area contributed by atoms with Gasteiger partial charge in [-0.25, -0.2) is 4.98 Å². The van der Waals surface area contributed by atoms with Gasteiger partial charge in [0.1, 0.15) is 5.82 Å². The van der Waals surface area contributed by atoms with Crippen molar-refractivity contribution in [1.29, 1.82) is 0 Å². The largest absolute Gasteiger partial charge is 0.387 e. The molecule has 0 aliphatic carbocycles. The number of aliphatic hydroxyl groups excluding tert-OH is 1. The Hall–Kier alpha value is -2.31. The lowest BCUT2D eigenvalue weighted by Gasteiger charge is -2.37. The monoisotopic (exact) mass is 373 g/mol. The van der Waals surface area contributed by atoms with E-state index in [0.29, 0.717) is 11.6 Å². The van der Waals surface area contributed by atoms with Gasteiger partial charge in [-0.3, -0.25) is 4.99 Å². The van der Waals surface area contributed by atoms with Crippen LogP contribution in [0.25, 0.3) is 0 Å². The molecule has 7 heteroatoms.